The fourth-order valence-corrected chi connectivity index (χ4v) is 0. The fourth-order valence-electron chi connectivity index (χ4n) is 0. The number of hydrogen-bond donors (Lipinski definition) is 2. The summed E-state index contributed by atoms with van der Waals surface area (Å²) < 4.78 is 0. The Kier molecular flexibility index (Phi) is 24.4. The van der Waals surface area contributed by atoms with Crippen molar-refractivity contribution in [3.8, 4) is 0 Å². The van der Waals surface area contributed by atoms with Gasteiger partial charge in [-0.2, -0.15) is 0 Å². The Balaban J connectivity index is -0.0000000450. The molecule has 0 saturated carbocycles. The molecule has 0 fully saturated rings. The van der Waals surface area contributed by atoms with Gasteiger partial charge in [-0.1, -0.05) is 0 Å². The molecule has 0 aliphatic rings. The Labute approximate surface area is 65.8 Å². The molecule has 0 rings (SSSR count). The maximum absolute atomic E-state index is 8.56. The summed E-state index contributed by atoms with van der Waals surface area (Å²) in [6, 6.07) is 0. The van der Waals surface area contributed by atoms with E-state index in [1.807, 2.05) is 0 Å². The van der Waals surface area contributed by atoms with E-state index in [4.69, 9.17) is 15.0 Å². The van der Waals surface area contributed by atoms with Crippen LogP contribution >= 0.6 is 0 Å². The van der Waals surface area contributed by atoms with Gasteiger partial charge in [-0.3, -0.25) is 0 Å². The van der Waals surface area contributed by atoms with Gasteiger partial charge in [-0.15, -0.1) is 0 Å². The summed E-state index contributed by atoms with van der Waals surface area (Å²) in [7, 11) is 0. The molecule has 0 amide bonds. The topological polar surface area (TPSA) is 57.5 Å². The van der Waals surface area contributed by atoms with Gasteiger partial charge < -0.3 is 10.2 Å². The number of rotatable bonds is 0. The van der Waals surface area contributed by atoms with Crippen LogP contribution in [0.3, 0.4) is 0 Å². The predicted octanol–water partition coefficient (Wildman–Crippen LogP) is 0.217. The van der Waals surface area contributed by atoms with Gasteiger partial charge in [0.25, 0.3) is 0 Å². The van der Waals surface area contributed by atoms with Crippen LogP contribution in [0.2, 0.25) is 0 Å². The quantitative estimate of drug-likeness (QED) is 0.492. The number of hydrogen-bond acceptors (Lipinski definition) is 1. The summed E-state index contributed by atoms with van der Waals surface area (Å²) in [6.07, 6.45) is -1.83. The maximum atomic E-state index is 8.56. The van der Waals surface area contributed by atoms with Gasteiger partial charge in [0.05, 0.1) is 0 Å². The molecule has 0 spiro atoms. The van der Waals surface area contributed by atoms with Gasteiger partial charge in [-0.05, 0) is 0 Å². The van der Waals surface area contributed by atoms with Crippen molar-refractivity contribution in [2.75, 3.05) is 0 Å². The predicted molar refractivity (Wildman–Crippen MR) is 10.7 cm³/mol. The Morgan fingerprint density at radius 3 is 1.17 bits per heavy atom. The van der Waals surface area contributed by atoms with Crippen molar-refractivity contribution in [1.29, 1.82) is 0 Å². The SMILES string of the molecule is O=[13C](O)O.[Ag].[Ag]. The van der Waals surface area contributed by atoms with Gasteiger partial charge in [-0.25, -0.2) is 4.79 Å². The minimum Gasteiger partial charge on any atom is -0.450 e. The van der Waals surface area contributed by atoms with Crippen molar-refractivity contribution in [2.45, 2.75) is 0 Å². The standard InChI is InChI=1S/CH2O3.2Ag/c2-1(3)4;;/h(H2,2,3,4);;/i1+1;;. The van der Waals surface area contributed by atoms with E-state index in [-0.39, 0.29) is 44.8 Å². The molecule has 0 aliphatic heterocycles. The summed E-state index contributed by atoms with van der Waals surface area (Å²) in [5.74, 6) is 0. The van der Waals surface area contributed by atoms with Crippen molar-refractivity contribution >= 4 is 6.16 Å². The van der Waals surface area contributed by atoms with Crippen LogP contribution in [-0.4, -0.2) is 16.4 Å². The normalized spacial score (nSPS) is 4.00. The van der Waals surface area contributed by atoms with Crippen LogP contribution in [-0.2, 0) is 44.8 Å². The molecule has 0 saturated heterocycles. The van der Waals surface area contributed by atoms with E-state index in [1.54, 1.807) is 0 Å². The van der Waals surface area contributed by atoms with E-state index in [2.05, 4.69) is 0 Å². The van der Waals surface area contributed by atoms with Crippen molar-refractivity contribution in [1.82, 2.24) is 0 Å². The van der Waals surface area contributed by atoms with E-state index in [0.29, 0.717) is 0 Å². The Bertz CT molecular complexity index is 31.8. The third-order valence-electron chi connectivity index (χ3n) is 0. The summed E-state index contributed by atoms with van der Waals surface area (Å²) in [6.45, 7) is 0. The maximum Gasteiger partial charge on any atom is 0.503 e. The Morgan fingerprint density at radius 1 is 1.17 bits per heavy atom. The Morgan fingerprint density at radius 2 is 1.17 bits per heavy atom. The molecule has 5 heteroatoms. The van der Waals surface area contributed by atoms with Crippen molar-refractivity contribution in [2.24, 2.45) is 0 Å². The van der Waals surface area contributed by atoms with E-state index in [1.165, 1.54) is 0 Å². The number of carboxylic acid groups (broad SMARTS) is 2. The molecule has 0 heterocycles. The number of carbonyl (C=O) groups is 1. The molecule has 3 nitrogen and oxygen atoms in total. The molecule has 0 bridgehead atoms. The molecule has 2 radical (unpaired) electrons. The smallest absolute Gasteiger partial charge is 0.450 e. The summed E-state index contributed by atoms with van der Waals surface area (Å²) in [5.41, 5.74) is 0. The van der Waals surface area contributed by atoms with Crippen molar-refractivity contribution < 1.29 is 59.8 Å². The van der Waals surface area contributed by atoms with Crippen LogP contribution in [0.25, 0.3) is 0 Å². The molecule has 0 atom stereocenters. The van der Waals surface area contributed by atoms with Gasteiger partial charge in [0.2, 0.25) is 0 Å². The first-order valence-electron chi connectivity index (χ1n) is 0.651. The molecular weight excluding hydrogens is 277 g/mol. The van der Waals surface area contributed by atoms with Crippen LogP contribution in [0.4, 0.5) is 4.79 Å². The van der Waals surface area contributed by atoms with Gasteiger partial charge in [0, 0.05) is 44.8 Å². The third kappa shape index (κ3) is 119. The van der Waals surface area contributed by atoms with Crippen LogP contribution < -0.4 is 0 Å². The second-order valence-electron chi connectivity index (χ2n) is 0.283. The molecule has 0 aliphatic carbocycles. The van der Waals surface area contributed by atoms with E-state index >= 15 is 0 Å². The van der Waals surface area contributed by atoms with Crippen molar-refractivity contribution in [3.05, 3.63) is 0 Å². The molecule has 0 aromatic heterocycles. The van der Waals surface area contributed by atoms with Crippen molar-refractivity contribution in [3.63, 3.8) is 0 Å². The minimum absolute atomic E-state index is 0. The first-order chi connectivity index (χ1) is 1.73. The van der Waals surface area contributed by atoms with E-state index in [0.717, 1.165) is 0 Å². The summed E-state index contributed by atoms with van der Waals surface area (Å²) in [5, 5.41) is 13.9. The first-order valence-corrected chi connectivity index (χ1v) is 0.651. The second kappa shape index (κ2) is 9.23. The molecule has 2 N–H and O–H groups in total. The zero-order valence-electron chi connectivity index (χ0n) is 2.41. The average molecular weight is 279 g/mol. The third-order valence-corrected chi connectivity index (χ3v) is 0. The summed E-state index contributed by atoms with van der Waals surface area (Å²) in [4.78, 5) is 8.56. The fraction of sp³-hybridized carbons (Fsp3) is 0. The largest absolute Gasteiger partial charge is 0.503 e. The van der Waals surface area contributed by atoms with Gasteiger partial charge in [0.15, 0.2) is 0 Å². The van der Waals surface area contributed by atoms with E-state index in [9.17, 15) is 0 Å². The van der Waals surface area contributed by atoms with Crippen LogP contribution in [0.15, 0.2) is 0 Å². The second-order valence-corrected chi connectivity index (χ2v) is 0.283. The van der Waals surface area contributed by atoms with E-state index < -0.39 is 6.16 Å². The molecule has 0 aromatic carbocycles. The minimum atomic E-state index is -1.83. The monoisotopic (exact) mass is 277 g/mol. The molecule has 46 valence electrons. The van der Waals surface area contributed by atoms with Crippen LogP contribution in [0.1, 0.15) is 0 Å². The average Bonchev–Trinajstić information content (AvgIpc) is 0.811. The van der Waals surface area contributed by atoms with Crippen LogP contribution in [0.5, 0.6) is 0 Å². The van der Waals surface area contributed by atoms with Gasteiger partial charge >= 0.3 is 6.16 Å². The molecule has 6 heavy (non-hydrogen) atoms. The Hall–Kier alpha value is 0.751. The summed E-state index contributed by atoms with van der Waals surface area (Å²) >= 11 is 0. The molecular formula is CH2Ag2O3. The van der Waals surface area contributed by atoms with Crippen LogP contribution in [0, 0.1) is 0 Å². The molecule has 0 aromatic rings. The molecule has 0 unspecified atom stereocenters. The zero-order chi connectivity index (χ0) is 3.58. The first kappa shape index (κ1) is 15.9. The van der Waals surface area contributed by atoms with Gasteiger partial charge in [0.1, 0.15) is 0 Å². The zero-order valence-corrected chi connectivity index (χ0v) is 5.37.